The molecule has 2 N–H and O–H groups in total. The molecule has 0 bridgehead atoms. The highest BCUT2D eigenvalue weighted by molar-refractivity contribution is 5.79. The molecular weight excluding hydrogens is 238 g/mol. The molecule has 1 fully saturated rings. The molecule has 0 radical (unpaired) electrons. The number of hydrogen-bond donors (Lipinski definition) is 1. The number of carbonyl (C=O) groups is 1. The van der Waals surface area contributed by atoms with Gasteiger partial charge in [0.2, 0.25) is 5.91 Å². The maximum atomic E-state index is 13.4. The summed E-state index contributed by atoms with van der Waals surface area (Å²) < 4.78 is 26.4. The maximum Gasteiger partial charge on any atom is 0.227 e. The zero-order valence-electron chi connectivity index (χ0n) is 10.0. The lowest BCUT2D eigenvalue weighted by molar-refractivity contribution is -0.129. The van der Waals surface area contributed by atoms with E-state index >= 15 is 0 Å². The highest BCUT2D eigenvalue weighted by Crippen LogP contribution is 2.18. The first kappa shape index (κ1) is 13.0. The standard InChI is InChI=1S/C13H16F2N2O/c14-11-3-1-2-10(13(11)15)6-12(18)17-5-4-9(7-16)8-17/h1-3,9H,4-8,16H2/t9-/m1/s1. The van der Waals surface area contributed by atoms with Crippen molar-refractivity contribution in [2.45, 2.75) is 12.8 Å². The molecule has 1 aromatic carbocycles. The first-order chi connectivity index (χ1) is 8.61. The molecule has 0 aliphatic carbocycles. The Kier molecular flexibility index (Phi) is 3.91. The Labute approximate surface area is 105 Å². The number of likely N-dealkylation sites (tertiary alicyclic amines) is 1. The molecule has 3 nitrogen and oxygen atoms in total. The van der Waals surface area contributed by atoms with Crippen LogP contribution in [-0.2, 0) is 11.2 Å². The summed E-state index contributed by atoms with van der Waals surface area (Å²) in [6, 6.07) is 3.89. The summed E-state index contributed by atoms with van der Waals surface area (Å²) >= 11 is 0. The highest BCUT2D eigenvalue weighted by atomic mass is 19.2. The lowest BCUT2D eigenvalue weighted by Gasteiger charge is -2.16. The van der Waals surface area contributed by atoms with Crippen LogP contribution in [0.2, 0.25) is 0 Å². The van der Waals surface area contributed by atoms with Crippen LogP contribution in [-0.4, -0.2) is 30.4 Å². The Hall–Kier alpha value is -1.49. The van der Waals surface area contributed by atoms with E-state index in [2.05, 4.69) is 0 Å². The van der Waals surface area contributed by atoms with E-state index in [4.69, 9.17) is 5.73 Å². The Morgan fingerprint density at radius 3 is 2.89 bits per heavy atom. The van der Waals surface area contributed by atoms with Gasteiger partial charge < -0.3 is 10.6 Å². The average Bonchev–Trinajstić information content (AvgIpc) is 2.83. The van der Waals surface area contributed by atoms with E-state index in [0.717, 1.165) is 12.5 Å². The third-order valence-corrected chi connectivity index (χ3v) is 3.35. The fourth-order valence-electron chi connectivity index (χ4n) is 2.21. The van der Waals surface area contributed by atoms with Crippen LogP contribution in [0.15, 0.2) is 18.2 Å². The van der Waals surface area contributed by atoms with Gasteiger partial charge in [-0.05, 0) is 24.9 Å². The van der Waals surface area contributed by atoms with Crippen LogP contribution in [0, 0.1) is 17.6 Å². The number of amides is 1. The minimum atomic E-state index is -0.930. The first-order valence-corrected chi connectivity index (χ1v) is 6.02. The van der Waals surface area contributed by atoms with Crippen LogP contribution in [0.25, 0.3) is 0 Å². The number of hydrogen-bond acceptors (Lipinski definition) is 2. The Bertz CT molecular complexity index is 451. The van der Waals surface area contributed by atoms with E-state index in [9.17, 15) is 13.6 Å². The van der Waals surface area contributed by atoms with Gasteiger partial charge in [-0.3, -0.25) is 4.79 Å². The number of nitrogens with zero attached hydrogens (tertiary/aromatic N) is 1. The number of halogens is 2. The van der Waals surface area contributed by atoms with Crippen LogP contribution in [0.3, 0.4) is 0 Å². The molecule has 0 saturated carbocycles. The molecular formula is C13H16F2N2O. The van der Waals surface area contributed by atoms with Gasteiger partial charge in [0.1, 0.15) is 0 Å². The molecule has 1 aliphatic heterocycles. The zero-order valence-corrected chi connectivity index (χ0v) is 10.0. The second-order valence-corrected chi connectivity index (χ2v) is 4.62. The number of nitrogens with two attached hydrogens (primary N) is 1. The summed E-state index contributed by atoms with van der Waals surface area (Å²) in [5, 5.41) is 0. The van der Waals surface area contributed by atoms with Crippen molar-refractivity contribution in [2.24, 2.45) is 11.7 Å². The smallest absolute Gasteiger partial charge is 0.227 e. The largest absolute Gasteiger partial charge is 0.342 e. The monoisotopic (exact) mass is 254 g/mol. The first-order valence-electron chi connectivity index (χ1n) is 6.02. The Morgan fingerprint density at radius 2 is 2.22 bits per heavy atom. The van der Waals surface area contributed by atoms with Crippen molar-refractivity contribution in [3.63, 3.8) is 0 Å². The second-order valence-electron chi connectivity index (χ2n) is 4.62. The Balaban J connectivity index is 2.01. The fraction of sp³-hybridized carbons (Fsp3) is 0.462. The van der Waals surface area contributed by atoms with E-state index < -0.39 is 11.6 Å². The molecule has 0 spiro atoms. The van der Waals surface area contributed by atoms with Gasteiger partial charge in [0, 0.05) is 18.7 Å². The van der Waals surface area contributed by atoms with Crippen molar-refractivity contribution in [1.82, 2.24) is 4.90 Å². The van der Waals surface area contributed by atoms with Crippen molar-refractivity contribution < 1.29 is 13.6 Å². The summed E-state index contributed by atoms with van der Waals surface area (Å²) in [4.78, 5) is 13.6. The van der Waals surface area contributed by atoms with Gasteiger partial charge >= 0.3 is 0 Å². The predicted octanol–water partition coefficient (Wildman–Crippen LogP) is 1.31. The molecule has 1 saturated heterocycles. The van der Waals surface area contributed by atoms with Gasteiger partial charge in [-0.15, -0.1) is 0 Å². The highest BCUT2D eigenvalue weighted by Gasteiger charge is 2.25. The molecule has 18 heavy (non-hydrogen) atoms. The molecule has 1 aliphatic rings. The SMILES string of the molecule is NC[C@H]1CCN(C(=O)Cc2cccc(F)c2F)C1. The summed E-state index contributed by atoms with van der Waals surface area (Å²) in [5.74, 6) is -1.69. The molecule has 1 heterocycles. The third-order valence-electron chi connectivity index (χ3n) is 3.35. The van der Waals surface area contributed by atoms with Crippen LogP contribution in [0.1, 0.15) is 12.0 Å². The van der Waals surface area contributed by atoms with Crippen LogP contribution in [0.4, 0.5) is 8.78 Å². The summed E-state index contributed by atoms with van der Waals surface area (Å²) in [5.41, 5.74) is 5.65. The molecule has 5 heteroatoms. The van der Waals surface area contributed by atoms with Crippen molar-refractivity contribution in [1.29, 1.82) is 0 Å². The number of carbonyl (C=O) groups excluding carboxylic acids is 1. The fourth-order valence-corrected chi connectivity index (χ4v) is 2.21. The normalized spacial score (nSPS) is 19.3. The molecule has 1 atom stereocenters. The lowest BCUT2D eigenvalue weighted by atomic mass is 10.1. The second kappa shape index (κ2) is 5.44. The molecule has 98 valence electrons. The van der Waals surface area contributed by atoms with Crippen LogP contribution in [0.5, 0.6) is 0 Å². The van der Waals surface area contributed by atoms with Gasteiger partial charge in [0.15, 0.2) is 11.6 Å². The van der Waals surface area contributed by atoms with E-state index in [-0.39, 0.29) is 17.9 Å². The van der Waals surface area contributed by atoms with E-state index in [1.54, 1.807) is 4.90 Å². The maximum absolute atomic E-state index is 13.4. The van der Waals surface area contributed by atoms with Crippen LogP contribution < -0.4 is 5.73 Å². The van der Waals surface area contributed by atoms with Crippen LogP contribution >= 0.6 is 0 Å². The molecule has 0 aromatic heterocycles. The van der Waals surface area contributed by atoms with Crippen molar-refractivity contribution in [2.75, 3.05) is 19.6 Å². The van der Waals surface area contributed by atoms with Crippen molar-refractivity contribution in [3.8, 4) is 0 Å². The Morgan fingerprint density at radius 1 is 1.44 bits per heavy atom. The quantitative estimate of drug-likeness (QED) is 0.884. The molecule has 0 unspecified atom stereocenters. The van der Waals surface area contributed by atoms with Gasteiger partial charge in [0.25, 0.3) is 0 Å². The van der Waals surface area contributed by atoms with Gasteiger partial charge in [-0.1, -0.05) is 12.1 Å². The van der Waals surface area contributed by atoms with Gasteiger partial charge in [-0.25, -0.2) is 8.78 Å². The van der Waals surface area contributed by atoms with E-state index in [1.165, 1.54) is 12.1 Å². The van der Waals surface area contributed by atoms with Gasteiger partial charge in [-0.2, -0.15) is 0 Å². The summed E-state index contributed by atoms with van der Waals surface area (Å²) in [7, 11) is 0. The van der Waals surface area contributed by atoms with Gasteiger partial charge in [0.05, 0.1) is 6.42 Å². The average molecular weight is 254 g/mol. The molecule has 1 amide bonds. The summed E-state index contributed by atoms with van der Waals surface area (Å²) in [6.45, 7) is 1.82. The van der Waals surface area contributed by atoms with Crippen molar-refractivity contribution >= 4 is 5.91 Å². The van der Waals surface area contributed by atoms with E-state index in [0.29, 0.717) is 25.6 Å². The topological polar surface area (TPSA) is 46.3 Å². The molecule has 1 aromatic rings. The minimum Gasteiger partial charge on any atom is -0.342 e. The van der Waals surface area contributed by atoms with E-state index in [1.807, 2.05) is 0 Å². The third kappa shape index (κ3) is 2.67. The minimum absolute atomic E-state index is 0.0963. The number of rotatable bonds is 3. The zero-order chi connectivity index (χ0) is 13.1. The number of benzene rings is 1. The molecule has 2 rings (SSSR count). The summed E-state index contributed by atoms with van der Waals surface area (Å²) in [6.07, 6.45) is 0.786. The van der Waals surface area contributed by atoms with Crippen molar-refractivity contribution in [3.05, 3.63) is 35.4 Å². The predicted molar refractivity (Wildman–Crippen MR) is 63.8 cm³/mol. The lowest BCUT2D eigenvalue weighted by Crippen LogP contribution is -2.31.